The molecule has 1 N–H and O–H groups in total. The van der Waals surface area contributed by atoms with Gasteiger partial charge >= 0.3 is 0 Å². The van der Waals surface area contributed by atoms with E-state index < -0.39 is 0 Å². The molecule has 0 radical (unpaired) electrons. The number of piperazine rings is 1. The summed E-state index contributed by atoms with van der Waals surface area (Å²) in [5.74, 6) is 0.880. The van der Waals surface area contributed by atoms with Gasteiger partial charge in [0.25, 0.3) is 5.69 Å². The van der Waals surface area contributed by atoms with Crippen molar-refractivity contribution in [2.45, 2.75) is 26.3 Å². The Labute approximate surface area is 188 Å². The van der Waals surface area contributed by atoms with E-state index >= 15 is 0 Å². The average molecular weight is 439 g/mol. The summed E-state index contributed by atoms with van der Waals surface area (Å²) in [6, 6.07) is 12.9. The Morgan fingerprint density at radius 2 is 2.00 bits per heavy atom. The minimum atomic E-state index is -0.375. The quantitative estimate of drug-likeness (QED) is 0.550. The Kier molecular flexibility index (Phi) is 6.21. The Morgan fingerprint density at radius 3 is 2.72 bits per heavy atom. The van der Waals surface area contributed by atoms with Crippen LogP contribution in [0.25, 0.3) is 0 Å². The molecule has 4 rings (SSSR count). The summed E-state index contributed by atoms with van der Waals surface area (Å²) in [5, 5.41) is 14.4. The highest BCUT2D eigenvalue weighted by Crippen LogP contribution is 2.39. The van der Waals surface area contributed by atoms with Crippen molar-refractivity contribution in [1.82, 2.24) is 5.32 Å². The van der Waals surface area contributed by atoms with Crippen molar-refractivity contribution < 1.29 is 14.5 Å². The van der Waals surface area contributed by atoms with Crippen molar-refractivity contribution in [1.29, 1.82) is 0 Å². The minimum absolute atomic E-state index is 0.00716. The molecule has 1 saturated heterocycles. The summed E-state index contributed by atoms with van der Waals surface area (Å²) in [5.41, 5.74) is 2.95. The second kappa shape index (κ2) is 9.06. The van der Waals surface area contributed by atoms with Gasteiger partial charge in [0.2, 0.25) is 5.91 Å². The SMILES string of the molecule is COc1ccccc1N1CCN2c3ccc([N+](=O)[O-])cc3C[C@H](C(=O)NCC(C)C)[C@H]2C1. The molecule has 0 bridgehead atoms. The Morgan fingerprint density at radius 1 is 1.22 bits per heavy atom. The van der Waals surface area contributed by atoms with Gasteiger partial charge in [0.1, 0.15) is 5.75 Å². The number of methoxy groups -OCH3 is 1. The maximum atomic E-state index is 13.2. The van der Waals surface area contributed by atoms with E-state index in [1.165, 1.54) is 0 Å². The summed E-state index contributed by atoms with van der Waals surface area (Å²) in [6.45, 7) is 6.91. The van der Waals surface area contributed by atoms with E-state index in [2.05, 4.69) is 29.0 Å². The van der Waals surface area contributed by atoms with Crippen LogP contribution in [0.2, 0.25) is 0 Å². The molecule has 8 heteroatoms. The molecule has 1 fully saturated rings. The second-order valence-electron chi connectivity index (χ2n) is 8.90. The van der Waals surface area contributed by atoms with Crippen LogP contribution < -0.4 is 19.9 Å². The number of anilines is 2. The van der Waals surface area contributed by atoms with Gasteiger partial charge in [-0.15, -0.1) is 0 Å². The first-order valence-corrected chi connectivity index (χ1v) is 11.1. The standard InChI is InChI=1S/C24H30N4O4/c1-16(2)14-25-24(29)19-13-17-12-18(28(30)31)8-9-20(17)27-11-10-26(15-22(19)27)21-6-4-5-7-23(21)32-3/h4-9,12,16,19,22H,10-11,13-15H2,1-3H3,(H,25,29)/t19-,22+/m0/s1. The Balaban J connectivity index is 1.67. The van der Waals surface area contributed by atoms with E-state index in [1.807, 2.05) is 30.3 Å². The van der Waals surface area contributed by atoms with Gasteiger partial charge in [0.05, 0.1) is 29.7 Å². The Bertz CT molecular complexity index is 1010. The minimum Gasteiger partial charge on any atom is -0.495 e. The number of nitro groups is 1. The summed E-state index contributed by atoms with van der Waals surface area (Å²) in [4.78, 5) is 28.7. The van der Waals surface area contributed by atoms with Gasteiger partial charge in [-0.2, -0.15) is 0 Å². The molecule has 2 aliphatic rings. The zero-order chi connectivity index (χ0) is 22.8. The fourth-order valence-corrected chi connectivity index (χ4v) is 4.77. The van der Waals surface area contributed by atoms with E-state index in [1.54, 1.807) is 19.2 Å². The first kappa shape index (κ1) is 21.9. The molecule has 2 aromatic carbocycles. The number of nitrogens with one attached hydrogen (secondary N) is 1. The molecule has 0 spiro atoms. The van der Waals surface area contributed by atoms with Gasteiger partial charge in [-0.25, -0.2) is 0 Å². The third-order valence-corrected chi connectivity index (χ3v) is 6.35. The van der Waals surface area contributed by atoms with Crippen molar-refractivity contribution in [2.75, 3.05) is 43.1 Å². The van der Waals surface area contributed by atoms with Crippen molar-refractivity contribution in [3.63, 3.8) is 0 Å². The number of nitro benzene ring substituents is 1. The molecule has 0 unspecified atom stereocenters. The fourth-order valence-electron chi connectivity index (χ4n) is 4.77. The number of carbonyl (C=O) groups is 1. The lowest BCUT2D eigenvalue weighted by atomic mass is 9.83. The number of rotatable bonds is 6. The van der Waals surface area contributed by atoms with Gasteiger partial charge in [-0.1, -0.05) is 26.0 Å². The lowest BCUT2D eigenvalue weighted by Gasteiger charge is -2.49. The van der Waals surface area contributed by atoms with Crippen LogP contribution in [0.5, 0.6) is 5.75 Å². The number of hydrogen-bond donors (Lipinski definition) is 1. The molecular formula is C24H30N4O4. The van der Waals surface area contributed by atoms with Crippen LogP contribution in [0, 0.1) is 22.0 Å². The van der Waals surface area contributed by atoms with E-state index in [9.17, 15) is 14.9 Å². The van der Waals surface area contributed by atoms with Gasteiger partial charge < -0.3 is 19.9 Å². The number of hydrogen-bond acceptors (Lipinski definition) is 6. The van der Waals surface area contributed by atoms with E-state index in [0.717, 1.165) is 35.8 Å². The number of nitrogens with zero attached hydrogens (tertiary/aromatic N) is 3. The Hall–Kier alpha value is -3.29. The number of amides is 1. The lowest BCUT2D eigenvalue weighted by Crippen LogP contribution is -2.61. The highest BCUT2D eigenvalue weighted by molar-refractivity contribution is 5.82. The molecule has 0 aromatic heterocycles. The summed E-state index contributed by atoms with van der Waals surface area (Å²) in [7, 11) is 1.67. The van der Waals surface area contributed by atoms with Crippen LogP contribution in [-0.4, -0.2) is 50.2 Å². The van der Waals surface area contributed by atoms with Crippen LogP contribution in [0.15, 0.2) is 42.5 Å². The fraction of sp³-hybridized carbons (Fsp3) is 0.458. The van der Waals surface area contributed by atoms with Crippen LogP contribution in [0.3, 0.4) is 0 Å². The largest absolute Gasteiger partial charge is 0.495 e. The van der Waals surface area contributed by atoms with Gasteiger partial charge in [-0.05, 0) is 36.1 Å². The summed E-state index contributed by atoms with van der Waals surface area (Å²) >= 11 is 0. The molecular weight excluding hydrogens is 408 g/mol. The highest BCUT2D eigenvalue weighted by atomic mass is 16.6. The molecule has 8 nitrogen and oxygen atoms in total. The van der Waals surface area contributed by atoms with Crippen LogP contribution in [0.4, 0.5) is 17.1 Å². The zero-order valence-corrected chi connectivity index (χ0v) is 18.8. The van der Waals surface area contributed by atoms with E-state index in [-0.39, 0.29) is 28.5 Å². The molecule has 1 amide bonds. The molecule has 2 aromatic rings. The average Bonchev–Trinajstić information content (AvgIpc) is 2.81. The van der Waals surface area contributed by atoms with Crippen molar-refractivity contribution in [3.05, 3.63) is 58.1 Å². The molecule has 2 heterocycles. The number of carbonyl (C=O) groups excluding carboxylic acids is 1. The topological polar surface area (TPSA) is 87.9 Å². The maximum absolute atomic E-state index is 13.2. The zero-order valence-electron chi connectivity index (χ0n) is 18.8. The number of para-hydroxylation sites is 2. The van der Waals surface area contributed by atoms with Crippen molar-refractivity contribution in [3.8, 4) is 5.75 Å². The highest BCUT2D eigenvalue weighted by Gasteiger charge is 2.42. The number of non-ortho nitro benzene ring substituents is 1. The van der Waals surface area contributed by atoms with Crippen LogP contribution >= 0.6 is 0 Å². The molecule has 2 aliphatic heterocycles. The monoisotopic (exact) mass is 438 g/mol. The number of ether oxygens (including phenoxy) is 1. The summed E-state index contributed by atoms with van der Waals surface area (Å²) < 4.78 is 5.57. The van der Waals surface area contributed by atoms with Gasteiger partial charge in [0, 0.05) is 44.0 Å². The molecule has 170 valence electrons. The number of benzene rings is 2. The molecule has 32 heavy (non-hydrogen) atoms. The van der Waals surface area contributed by atoms with Gasteiger partial charge in [0.15, 0.2) is 0 Å². The van der Waals surface area contributed by atoms with E-state index in [0.29, 0.717) is 25.4 Å². The predicted molar refractivity (Wildman–Crippen MR) is 124 cm³/mol. The van der Waals surface area contributed by atoms with Crippen molar-refractivity contribution in [2.24, 2.45) is 11.8 Å². The lowest BCUT2D eigenvalue weighted by molar-refractivity contribution is -0.384. The first-order chi connectivity index (χ1) is 15.4. The van der Waals surface area contributed by atoms with Crippen LogP contribution in [0.1, 0.15) is 19.4 Å². The van der Waals surface area contributed by atoms with Crippen LogP contribution in [-0.2, 0) is 11.2 Å². The summed E-state index contributed by atoms with van der Waals surface area (Å²) in [6.07, 6.45) is 0.488. The molecule has 2 atom stereocenters. The van der Waals surface area contributed by atoms with Crippen molar-refractivity contribution >= 4 is 23.0 Å². The third kappa shape index (κ3) is 4.22. The molecule has 0 aliphatic carbocycles. The predicted octanol–water partition coefficient (Wildman–Crippen LogP) is 3.24. The maximum Gasteiger partial charge on any atom is 0.269 e. The van der Waals surface area contributed by atoms with Gasteiger partial charge in [-0.3, -0.25) is 14.9 Å². The third-order valence-electron chi connectivity index (χ3n) is 6.35. The smallest absolute Gasteiger partial charge is 0.269 e. The number of fused-ring (bicyclic) bond motifs is 3. The van der Waals surface area contributed by atoms with E-state index in [4.69, 9.17) is 4.74 Å². The second-order valence-corrected chi connectivity index (χ2v) is 8.90. The molecule has 0 saturated carbocycles. The normalized spacial score (nSPS) is 19.9. The first-order valence-electron chi connectivity index (χ1n) is 11.1.